The molecule has 2 heteroatoms. The summed E-state index contributed by atoms with van der Waals surface area (Å²) < 4.78 is 0. The van der Waals surface area contributed by atoms with Crippen LogP contribution in [0.1, 0.15) is 92.9 Å². The first-order chi connectivity index (χ1) is 11.5. The van der Waals surface area contributed by atoms with Gasteiger partial charge in [-0.3, -0.25) is 0 Å². The van der Waals surface area contributed by atoms with E-state index in [2.05, 4.69) is 51.8 Å². The Kier molecular flexibility index (Phi) is 5.63. The number of piperidine rings is 1. The van der Waals surface area contributed by atoms with Crippen molar-refractivity contribution in [1.82, 2.24) is 10.2 Å². The summed E-state index contributed by atoms with van der Waals surface area (Å²) in [6.45, 7) is 18.3. The van der Waals surface area contributed by atoms with Gasteiger partial charge < -0.3 is 10.2 Å². The number of nitrogens with zero attached hydrogens (tertiary/aromatic N) is 1. The molecule has 2 nitrogen and oxygen atoms in total. The van der Waals surface area contributed by atoms with Gasteiger partial charge in [0.05, 0.1) is 0 Å². The van der Waals surface area contributed by atoms with Crippen LogP contribution in [-0.2, 0) is 0 Å². The molecule has 0 aromatic carbocycles. The van der Waals surface area contributed by atoms with E-state index in [1.165, 1.54) is 71.0 Å². The third-order valence-electron chi connectivity index (χ3n) is 7.50. The van der Waals surface area contributed by atoms with E-state index >= 15 is 0 Å². The highest BCUT2D eigenvalue weighted by atomic mass is 15.1. The van der Waals surface area contributed by atoms with Crippen LogP contribution in [0.2, 0.25) is 0 Å². The van der Waals surface area contributed by atoms with E-state index in [1.54, 1.807) is 0 Å². The monoisotopic (exact) mass is 348 g/mol. The van der Waals surface area contributed by atoms with Crippen LogP contribution in [-0.4, -0.2) is 36.1 Å². The smallest absolute Gasteiger partial charge is 0.00991 e. The highest BCUT2D eigenvalue weighted by Gasteiger charge is 2.46. The second-order valence-corrected chi connectivity index (χ2v) is 11.9. The Morgan fingerprint density at radius 1 is 0.880 bits per heavy atom. The summed E-state index contributed by atoms with van der Waals surface area (Å²) >= 11 is 0. The molecule has 1 spiro atoms. The predicted molar refractivity (Wildman–Crippen MR) is 109 cm³/mol. The van der Waals surface area contributed by atoms with Crippen molar-refractivity contribution >= 4 is 0 Å². The number of rotatable bonds is 3. The lowest BCUT2D eigenvalue weighted by Crippen LogP contribution is -2.57. The van der Waals surface area contributed by atoms with Crippen LogP contribution in [0, 0.1) is 22.7 Å². The Bertz CT molecular complexity index is 418. The van der Waals surface area contributed by atoms with Gasteiger partial charge in [-0.05, 0) is 108 Å². The summed E-state index contributed by atoms with van der Waals surface area (Å²) in [5.74, 6) is 1.93. The van der Waals surface area contributed by atoms with Crippen molar-refractivity contribution in [1.29, 1.82) is 0 Å². The zero-order valence-electron chi connectivity index (χ0n) is 18.0. The SMILES string of the molecule is CC(C)(C)NC1CC2(CCN(CC3CCC(C(C)(C)C)CC3)CC2)C1. The lowest BCUT2D eigenvalue weighted by molar-refractivity contribution is -0.00795. The Labute approximate surface area is 157 Å². The Morgan fingerprint density at radius 3 is 1.92 bits per heavy atom. The quantitative estimate of drug-likeness (QED) is 0.727. The van der Waals surface area contributed by atoms with Gasteiger partial charge in [0, 0.05) is 18.1 Å². The average Bonchev–Trinajstić information content (AvgIpc) is 2.46. The van der Waals surface area contributed by atoms with E-state index in [1.807, 2.05) is 0 Å². The molecule has 1 N–H and O–H groups in total. The fraction of sp³-hybridized carbons (Fsp3) is 1.00. The molecule has 3 fully saturated rings. The van der Waals surface area contributed by atoms with Crippen molar-refractivity contribution in [3.8, 4) is 0 Å². The predicted octanol–water partition coefficient (Wildman–Crippen LogP) is 5.47. The molecule has 0 radical (unpaired) electrons. The van der Waals surface area contributed by atoms with Gasteiger partial charge in [0.2, 0.25) is 0 Å². The summed E-state index contributed by atoms with van der Waals surface area (Å²) in [5, 5.41) is 3.81. The molecule has 0 bridgehead atoms. The lowest BCUT2D eigenvalue weighted by atomic mass is 9.60. The molecule has 2 aliphatic carbocycles. The molecule has 0 unspecified atom stereocenters. The van der Waals surface area contributed by atoms with Crippen LogP contribution in [0.15, 0.2) is 0 Å². The van der Waals surface area contributed by atoms with Gasteiger partial charge in [-0.25, -0.2) is 0 Å². The highest BCUT2D eigenvalue weighted by Crippen LogP contribution is 2.49. The maximum Gasteiger partial charge on any atom is 0.00991 e. The summed E-state index contributed by atoms with van der Waals surface area (Å²) in [5.41, 5.74) is 1.49. The van der Waals surface area contributed by atoms with E-state index < -0.39 is 0 Å². The number of hydrogen-bond acceptors (Lipinski definition) is 2. The third-order valence-corrected chi connectivity index (χ3v) is 7.50. The molecule has 146 valence electrons. The van der Waals surface area contributed by atoms with E-state index in [9.17, 15) is 0 Å². The fourth-order valence-electron chi connectivity index (χ4n) is 5.89. The molecular weight excluding hydrogens is 304 g/mol. The molecule has 2 saturated carbocycles. The van der Waals surface area contributed by atoms with E-state index in [4.69, 9.17) is 0 Å². The lowest BCUT2D eigenvalue weighted by Gasteiger charge is -2.54. The van der Waals surface area contributed by atoms with Gasteiger partial charge in [0.25, 0.3) is 0 Å². The molecule has 25 heavy (non-hydrogen) atoms. The molecule has 0 amide bonds. The molecule has 0 atom stereocenters. The van der Waals surface area contributed by atoms with Crippen molar-refractivity contribution in [2.75, 3.05) is 19.6 Å². The zero-order chi connectivity index (χ0) is 18.3. The van der Waals surface area contributed by atoms with Crippen molar-refractivity contribution in [3.63, 3.8) is 0 Å². The molecule has 3 rings (SSSR count). The van der Waals surface area contributed by atoms with Gasteiger partial charge >= 0.3 is 0 Å². The minimum Gasteiger partial charge on any atom is -0.309 e. The van der Waals surface area contributed by atoms with Gasteiger partial charge in [0.15, 0.2) is 0 Å². The zero-order valence-corrected chi connectivity index (χ0v) is 18.0. The maximum atomic E-state index is 3.81. The highest BCUT2D eigenvalue weighted by molar-refractivity contribution is 5.02. The minimum atomic E-state index is 0.277. The van der Waals surface area contributed by atoms with E-state index in [-0.39, 0.29) is 5.54 Å². The van der Waals surface area contributed by atoms with Crippen molar-refractivity contribution in [2.24, 2.45) is 22.7 Å². The standard InChI is InChI=1S/C23H44N2/c1-21(2,3)19-9-7-18(8-10-19)17-25-13-11-23(12-14-25)15-20(16-23)24-22(4,5)6/h18-20,24H,7-17H2,1-6H3. The summed E-state index contributed by atoms with van der Waals surface area (Å²) in [6.07, 6.45) is 11.6. The van der Waals surface area contributed by atoms with Gasteiger partial charge in [-0.1, -0.05) is 20.8 Å². The van der Waals surface area contributed by atoms with Gasteiger partial charge in [-0.15, -0.1) is 0 Å². The number of hydrogen-bond donors (Lipinski definition) is 1. The van der Waals surface area contributed by atoms with Gasteiger partial charge in [-0.2, -0.15) is 0 Å². The molecule has 3 aliphatic rings. The van der Waals surface area contributed by atoms with Crippen LogP contribution >= 0.6 is 0 Å². The first kappa shape index (κ1) is 19.7. The van der Waals surface area contributed by atoms with Crippen molar-refractivity contribution < 1.29 is 0 Å². The number of nitrogens with one attached hydrogen (secondary N) is 1. The molecule has 1 heterocycles. The second kappa shape index (κ2) is 7.15. The maximum absolute atomic E-state index is 3.81. The molecule has 0 aromatic rings. The fourth-order valence-corrected chi connectivity index (χ4v) is 5.89. The Balaban J connectivity index is 1.36. The van der Waals surface area contributed by atoms with Crippen LogP contribution in [0.4, 0.5) is 0 Å². The van der Waals surface area contributed by atoms with Crippen molar-refractivity contribution in [3.05, 3.63) is 0 Å². The van der Waals surface area contributed by atoms with Crippen LogP contribution in [0.25, 0.3) is 0 Å². The van der Waals surface area contributed by atoms with E-state index in [0.717, 1.165) is 17.9 Å². The normalized spacial score (nSPS) is 31.9. The Morgan fingerprint density at radius 2 is 1.44 bits per heavy atom. The van der Waals surface area contributed by atoms with Crippen LogP contribution < -0.4 is 5.32 Å². The van der Waals surface area contributed by atoms with Crippen LogP contribution in [0.5, 0.6) is 0 Å². The number of likely N-dealkylation sites (tertiary alicyclic amines) is 1. The first-order valence-electron chi connectivity index (χ1n) is 11.0. The average molecular weight is 349 g/mol. The Hall–Kier alpha value is -0.0800. The van der Waals surface area contributed by atoms with Crippen LogP contribution in [0.3, 0.4) is 0 Å². The molecule has 0 aromatic heterocycles. The minimum absolute atomic E-state index is 0.277. The largest absolute Gasteiger partial charge is 0.309 e. The second-order valence-electron chi connectivity index (χ2n) is 11.9. The molecule has 1 aliphatic heterocycles. The molecule has 1 saturated heterocycles. The van der Waals surface area contributed by atoms with Crippen molar-refractivity contribution in [2.45, 2.75) is 104 Å². The third kappa shape index (κ3) is 5.22. The molecular formula is C23H44N2. The first-order valence-corrected chi connectivity index (χ1v) is 11.0. The summed E-state index contributed by atoms with van der Waals surface area (Å²) in [6, 6.07) is 0.777. The summed E-state index contributed by atoms with van der Waals surface area (Å²) in [4.78, 5) is 2.80. The van der Waals surface area contributed by atoms with E-state index in [0.29, 0.717) is 10.8 Å². The topological polar surface area (TPSA) is 15.3 Å². The van der Waals surface area contributed by atoms with Gasteiger partial charge in [0.1, 0.15) is 0 Å². The summed E-state index contributed by atoms with van der Waals surface area (Å²) in [7, 11) is 0.